The molecule has 0 bridgehead atoms. The quantitative estimate of drug-likeness (QED) is 0.928. The van der Waals surface area contributed by atoms with Gasteiger partial charge in [-0.2, -0.15) is 0 Å². The van der Waals surface area contributed by atoms with Gasteiger partial charge in [-0.3, -0.25) is 4.79 Å². The zero-order valence-corrected chi connectivity index (χ0v) is 12.8. The Morgan fingerprint density at radius 2 is 2.05 bits per heavy atom. The fourth-order valence-electron chi connectivity index (χ4n) is 3.77. The Bertz CT molecular complexity index is 524. The van der Waals surface area contributed by atoms with Crippen molar-refractivity contribution in [2.75, 3.05) is 6.54 Å². The molecule has 2 aliphatic rings. The molecule has 2 unspecified atom stereocenters. The lowest BCUT2D eigenvalue weighted by molar-refractivity contribution is 0.0682. The predicted molar refractivity (Wildman–Crippen MR) is 83.4 cm³/mol. The summed E-state index contributed by atoms with van der Waals surface area (Å²) in [6, 6.07) is 6.44. The van der Waals surface area contributed by atoms with Gasteiger partial charge >= 0.3 is 0 Å². The van der Waals surface area contributed by atoms with Crippen LogP contribution < -0.4 is 0 Å². The summed E-state index contributed by atoms with van der Waals surface area (Å²) in [6.07, 6.45) is 7.17. The maximum atomic E-state index is 12.8. The van der Waals surface area contributed by atoms with E-state index in [1.165, 1.54) is 24.0 Å². The summed E-state index contributed by atoms with van der Waals surface area (Å²) in [5.74, 6) is 0.145. The van der Waals surface area contributed by atoms with Gasteiger partial charge in [-0.1, -0.05) is 6.07 Å². The molecule has 3 rings (SSSR count). The Morgan fingerprint density at radius 3 is 2.81 bits per heavy atom. The highest BCUT2D eigenvalue weighted by atomic mass is 16.3. The van der Waals surface area contributed by atoms with Crippen LogP contribution in [0.4, 0.5) is 0 Å². The van der Waals surface area contributed by atoms with E-state index in [2.05, 4.69) is 12.1 Å². The van der Waals surface area contributed by atoms with Crippen molar-refractivity contribution in [1.29, 1.82) is 0 Å². The molecule has 114 valence electrons. The first-order chi connectivity index (χ1) is 10.1. The third-order valence-electron chi connectivity index (χ3n) is 4.85. The SMILES string of the molecule is CC(O)CC1CCCN1C(=O)c1ccc2c(c1)CCCC2. The lowest BCUT2D eigenvalue weighted by atomic mass is 9.90. The molecular weight excluding hydrogens is 262 g/mol. The molecule has 1 aromatic rings. The number of hydrogen-bond acceptors (Lipinski definition) is 2. The third-order valence-corrected chi connectivity index (χ3v) is 4.85. The van der Waals surface area contributed by atoms with E-state index in [4.69, 9.17) is 0 Å². The summed E-state index contributed by atoms with van der Waals surface area (Å²) < 4.78 is 0. The van der Waals surface area contributed by atoms with Crippen molar-refractivity contribution in [2.24, 2.45) is 0 Å². The maximum absolute atomic E-state index is 12.8. The lowest BCUT2D eigenvalue weighted by Crippen LogP contribution is -2.37. The molecule has 3 nitrogen and oxygen atoms in total. The van der Waals surface area contributed by atoms with Crippen LogP contribution in [0.2, 0.25) is 0 Å². The molecule has 1 saturated heterocycles. The topological polar surface area (TPSA) is 40.5 Å². The summed E-state index contributed by atoms with van der Waals surface area (Å²) in [5, 5.41) is 9.60. The summed E-state index contributed by atoms with van der Waals surface area (Å²) >= 11 is 0. The molecule has 0 radical (unpaired) electrons. The van der Waals surface area contributed by atoms with Crippen molar-refractivity contribution in [1.82, 2.24) is 4.90 Å². The van der Waals surface area contributed by atoms with Gasteiger partial charge in [0.15, 0.2) is 0 Å². The van der Waals surface area contributed by atoms with Gasteiger partial charge in [0, 0.05) is 18.2 Å². The second-order valence-electron chi connectivity index (χ2n) is 6.57. The van der Waals surface area contributed by atoms with Crippen LogP contribution in [-0.2, 0) is 12.8 Å². The van der Waals surface area contributed by atoms with Gasteiger partial charge in [0.2, 0.25) is 0 Å². The second kappa shape index (κ2) is 6.18. The Balaban J connectivity index is 1.78. The first-order valence-electron chi connectivity index (χ1n) is 8.26. The molecule has 0 saturated carbocycles. The van der Waals surface area contributed by atoms with E-state index in [1.807, 2.05) is 11.0 Å². The highest BCUT2D eigenvalue weighted by molar-refractivity contribution is 5.95. The molecule has 1 fully saturated rings. The first kappa shape index (κ1) is 14.6. The zero-order valence-electron chi connectivity index (χ0n) is 12.8. The molecule has 1 N–H and O–H groups in total. The van der Waals surface area contributed by atoms with Gasteiger partial charge in [0.1, 0.15) is 0 Å². The molecule has 0 spiro atoms. The van der Waals surface area contributed by atoms with Crippen LogP contribution in [-0.4, -0.2) is 34.6 Å². The zero-order chi connectivity index (χ0) is 14.8. The van der Waals surface area contributed by atoms with Crippen LogP contribution in [0, 0.1) is 0 Å². The molecule has 0 aromatic heterocycles. The summed E-state index contributed by atoms with van der Waals surface area (Å²) in [4.78, 5) is 14.7. The average Bonchev–Trinajstić information content (AvgIpc) is 2.93. The van der Waals surface area contributed by atoms with Crippen LogP contribution in [0.25, 0.3) is 0 Å². The first-order valence-corrected chi connectivity index (χ1v) is 8.26. The number of carbonyl (C=O) groups excluding carboxylic acids is 1. The number of benzene rings is 1. The molecule has 1 heterocycles. The van der Waals surface area contributed by atoms with Crippen molar-refractivity contribution in [3.63, 3.8) is 0 Å². The fourth-order valence-corrected chi connectivity index (χ4v) is 3.77. The van der Waals surface area contributed by atoms with Gasteiger partial charge in [0.25, 0.3) is 5.91 Å². The second-order valence-corrected chi connectivity index (χ2v) is 6.57. The van der Waals surface area contributed by atoms with E-state index in [0.29, 0.717) is 6.42 Å². The molecule has 2 atom stereocenters. The highest BCUT2D eigenvalue weighted by Gasteiger charge is 2.30. The van der Waals surface area contributed by atoms with Gasteiger partial charge in [-0.05, 0) is 75.1 Å². The van der Waals surface area contributed by atoms with Crippen molar-refractivity contribution >= 4 is 5.91 Å². The molecule has 1 aromatic carbocycles. The molecule has 21 heavy (non-hydrogen) atoms. The standard InChI is InChI=1S/C18H25NO2/c1-13(20)11-17-7-4-10-19(17)18(21)16-9-8-14-5-2-3-6-15(14)12-16/h8-9,12-13,17,20H,2-7,10-11H2,1H3. The van der Waals surface area contributed by atoms with Gasteiger partial charge in [0.05, 0.1) is 6.10 Å². The lowest BCUT2D eigenvalue weighted by Gasteiger charge is -2.26. The molecule has 1 aliphatic carbocycles. The monoisotopic (exact) mass is 287 g/mol. The Kier molecular flexibility index (Phi) is 4.29. The number of aryl methyl sites for hydroxylation is 2. The van der Waals surface area contributed by atoms with Crippen molar-refractivity contribution in [2.45, 2.75) is 64.0 Å². The number of hydrogen-bond donors (Lipinski definition) is 1. The Morgan fingerprint density at radius 1 is 1.29 bits per heavy atom. The maximum Gasteiger partial charge on any atom is 0.254 e. The summed E-state index contributed by atoms with van der Waals surface area (Å²) in [7, 11) is 0. The van der Waals surface area contributed by atoms with Crippen molar-refractivity contribution in [3.05, 3.63) is 34.9 Å². The minimum absolute atomic E-state index is 0.145. The molecule has 3 heteroatoms. The van der Waals surface area contributed by atoms with Crippen LogP contribution in [0.3, 0.4) is 0 Å². The predicted octanol–water partition coefficient (Wildman–Crippen LogP) is 2.94. The average molecular weight is 287 g/mol. The van der Waals surface area contributed by atoms with Crippen LogP contribution in [0.15, 0.2) is 18.2 Å². The summed E-state index contributed by atoms with van der Waals surface area (Å²) in [6.45, 7) is 2.63. The highest BCUT2D eigenvalue weighted by Crippen LogP contribution is 2.26. The number of nitrogens with zero attached hydrogens (tertiary/aromatic N) is 1. The van der Waals surface area contributed by atoms with E-state index in [1.54, 1.807) is 6.92 Å². The van der Waals surface area contributed by atoms with Gasteiger partial charge in [-0.15, -0.1) is 0 Å². The fraction of sp³-hybridized carbons (Fsp3) is 0.611. The van der Waals surface area contributed by atoms with Crippen LogP contribution in [0.5, 0.6) is 0 Å². The summed E-state index contributed by atoms with van der Waals surface area (Å²) in [5.41, 5.74) is 3.60. The Labute approximate surface area is 127 Å². The number of rotatable bonds is 3. The number of amides is 1. The van der Waals surface area contributed by atoms with Gasteiger partial charge < -0.3 is 10.0 Å². The molecule has 1 aliphatic heterocycles. The van der Waals surface area contributed by atoms with E-state index >= 15 is 0 Å². The van der Waals surface area contributed by atoms with E-state index in [0.717, 1.165) is 37.8 Å². The number of fused-ring (bicyclic) bond motifs is 1. The number of likely N-dealkylation sites (tertiary alicyclic amines) is 1. The van der Waals surface area contributed by atoms with E-state index < -0.39 is 0 Å². The van der Waals surface area contributed by atoms with Gasteiger partial charge in [-0.25, -0.2) is 0 Å². The third kappa shape index (κ3) is 3.13. The number of carbonyl (C=O) groups is 1. The number of aliphatic hydroxyl groups is 1. The number of aliphatic hydroxyl groups excluding tert-OH is 1. The van der Waals surface area contributed by atoms with Crippen molar-refractivity contribution < 1.29 is 9.90 Å². The minimum atomic E-state index is -0.341. The van der Waals surface area contributed by atoms with Crippen molar-refractivity contribution in [3.8, 4) is 0 Å². The van der Waals surface area contributed by atoms with Crippen LogP contribution >= 0.6 is 0 Å². The largest absolute Gasteiger partial charge is 0.393 e. The molecule has 1 amide bonds. The van der Waals surface area contributed by atoms with E-state index in [9.17, 15) is 9.90 Å². The Hall–Kier alpha value is -1.35. The normalized spacial score (nSPS) is 23.0. The smallest absolute Gasteiger partial charge is 0.254 e. The molecular formula is C18H25NO2. The van der Waals surface area contributed by atoms with Crippen LogP contribution in [0.1, 0.15) is 60.5 Å². The minimum Gasteiger partial charge on any atom is -0.393 e. The van der Waals surface area contributed by atoms with E-state index in [-0.39, 0.29) is 18.1 Å².